The van der Waals surface area contributed by atoms with Crippen molar-refractivity contribution >= 4 is 23.8 Å². The van der Waals surface area contributed by atoms with Gasteiger partial charge in [-0.15, -0.1) is 0 Å². The molecule has 0 fully saturated rings. The number of carboxylic acid groups (broad SMARTS) is 1. The van der Waals surface area contributed by atoms with Crippen molar-refractivity contribution in [2.24, 2.45) is 0 Å². The monoisotopic (exact) mass is 264 g/mol. The molecule has 0 bridgehead atoms. The van der Waals surface area contributed by atoms with Crippen LogP contribution in [0, 0.1) is 0 Å². The number of carbonyl (C=O) groups is 3. The molecule has 6 nitrogen and oxygen atoms in total. The van der Waals surface area contributed by atoms with Crippen molar-refractivity contribution in [1.29, 1.82) is 0 Å². The van der Waals surface area contributed by atoms with Gasteiger partial charge in [0.2, 0.25) is 0 Å². The molecule has 0 amide bonds. The van der Waals surface area contributed by atoms with Gasteiger partial charge in [0, 0.05) is 13.0 Å². The van der Waals surface area contributed by atoms with Crippen LogP contribution in [0.2, 0.25) is 0 Å². The minimum Gasteiger partial charge on any atom is -0.504 e. The van der Waals surface area contributed by atoms with E-state index >= 15 is 0 Å². The van der Waals surface area contributed by atoms with Gasteiger partial charge >= 0.3 is 11.9 Å². The highest BCUT2D eigenvalue weighted by atomic mass is 16.5. The van der Waals surface area contributed by atoms with Crippen LogP contribution in [0.5, 0.6) is 11.5 Å². The maximum Gasteiger partial charge on any atom is 0.328 e. The molecule has 1 rings (SSSR count). The highest BCUT2D eigenvalue weighted by Crippen LogP contribution is 2.34. The van der Waals surface area contributed by atoms with Gasteiger partial charge in [-0.1, -0.05) is 6.07 Å². The Bertz CT molecular complexity index is 571. The fourth-order valence-electron chi connectivity index (χ4n) is 1.50. The number of aromatic hydroxyl groups is 1. The predicted octanol–water partition coefficient (Wildman–Crippen LogP) is 1.62. The molecule has 0 atom stereocenters. The molecule has 0 unspecified atom stereocenters. The Kier molecular flexibility index (Phi) is 4.41. The second kappa shape index (κ2) is 5.81. The molecule has 0 saturated carbocycles. The van der Waals surface area contributed by atoms with E-state index in [0.717, 1.165) is 13.0 Å². The quantitative estimate of drug-likeness (QED) is 0.371. The molecular weight excluding hydrogens is 252 g/mol. The standard InChI is InChI=1S/C13H12O6/c1-7(14)12-9(4-6-11(17)18)3-5-10(16)13(12)19-8(2)15/h3-6,16H,1-2H3,(H,17,18). The number of carboxylic acids is 1. The Labute approximate surface area is 108 Å². The molecule has 6 heteroatoms. The lowest BCUT2D eigenvalue weighted by atomic mass is 10.0. The number of phenols is 1. The lowest BCUT2D eigenvalue weighted by Gasteiger charge is -2.11. The van der Waals surface area contributed by atoms with E-state index in [4.69, 9.17) is 9.84 Å². The number of hydrogen-bond donors (Lipinski definition) is 2. The summed E-state index contributed by atoms with van der Waals surface area (Å²) in [6.45, 7) is 2.35. The van der Waals surface area contributed by atoms with Crippen LogP contribution in [0.4, 0.5) is 0 Å². The van der Waals surface area contributed by atoms with Crippen molar-refractivity contribution < 1.29 is 29.3 Å². The minimum atomic E-state index is -1.18. The second-order valence-corrected chi connectivity index (χ2v) is 3.70. The molecule has 0 heterocycles. The first-order chi connectivity index (χ1) is 8.82. The molecule has 0 radical (unpaired) electrons. The summed E-state index contributed by atoms with van der Waals surface area (Å²) in [5, 5.41) is 18.2. The summed E-state index contributed by atoms with van der Waals surface area (Å²) < 4.78 is 4.79. The highest BCUT2D eigenvalue weighted by Gasteiger charge is 2.18. The van der Waals surface area contributed by atoms with Crippen molar-refractivity contribution in [3.63, 3.8) is 0 Å². The van der Waals surface area contributed by atoms with Crippen LogP contribution in [0.15, 0.2) is 18.2 Å². The average molecular weight is 264 g/mol. The van der Waals surface area contributed by atoms with E-state index in [1.54, 1.807) is 0 Å². The molecule has 0 saturated heterocycles. The number of rotatable bonds is 4. The molecule has 100 valence electrons. The first-order valence-corrected chi connectivity index (χ1v) is 5.29. The number of benzene rings is 1. The lowest BCUT2D eigenvalue weighted by molar-refractivity contribution is -0.132. The third-order valence-electron chi connectivity index (χ3n) is 2.17. The van der Waals surface area contributed by atoms with Crippen LogP contribution < -0.4 is 4.74 Å². The van der Waals surface area contributed by atoms with Crippen molar-refractivity contribution in [2.75, 3.05) is 0 Å². The normalized spacial score (nSPS) is 10.4. The molecule has 0 aliphatic heterocycles. The number of esters is 1. The Balaban J connectivity index is 3.44. The SMILES string of the molecule is CC(=O)Oc1c(O)ccc(C=CC(=O)O)c1C(C)=O. The summed E-state index contributed by atoms with van der Waals surface area (Å²) in [6.07, 6.45) is 2.03. The van der Waals surface area contributed by atoms with E-state index in [2.05, 4.69) is 0 Å². The zero-order chi connectivity index (χ0) is 14.6. The van der Waals surface area contributed by atoms with E-state index in [9.17, 15) is 19.5 Å². The van der Waals surface area contributed by atoms with Gasteiger partial charge in [0.15, 0.2) is 17.3 Å². The summed E-state index contributed by atoms with van der Waals surface area (Å²) >= 11 is 0. The molecule has 0 aromatic heterocycles. The fourth-order valence-corrected chi connectivity index (χ4v) is 1.50. The van der Waals surface area contributed by atoms with Gasteiger partial charge < -0.3 is 14.9 Å². The maximum atomic E-state index is 11.6. The van der Waals surface area contributed by atoms with Gasteiger partial charge in [0.25, 0.3) is 0 Å². The predicted molar refractivity (Wildman–Crippen MR) is 66.1 cm³/mol. The van der Waals surface area contributed by atoms with Crippen LogP contribution in [-0.4, -0.2) is 27.9 Å². The Morgan fingerprint density at radius 2 is 1.84 bits per heavy atom. The van der Waals surface area contributed by atoms with Crippen LogP contribution in [0.25, 0.3) is 6.08 Å². The molecule has 0 aliphatic carbocycles. The zero-order valence-electron chi connectivity index (χ0n) is 10.3. The number of aliphatic carboxylic acids is 1. The van der Waals surface area contributed by atoms with Crippen LogP contribution >= 0.6 is 0 Å². The molecule has 2 N–H and O–H groups in total. The topological polar surface area (TPSA) is 101 Å². The summed E-state index contributed by atoms with van der Waals surface area (Å²) in [6, 6.07) is 2.57. The van der Waals surface area contributed by atoms with Gasteiger partial charge in [-0.3, -0.25) is 9.59 Å². The Morgan fingerprint density at radius 1 is 1.21 bits per heavy atom. The van der Waals surface area contributed by atoms with Crippen LogP contribution in [0.1, 0.15) is 29.8 Å². The van der Waals surface area contributed by atoms with E-state index < -0.39 is 17.7 Å². The smallest absolute Gasteiger partial charge is 0.328 e. The highest BCUT2D eigenvalue weighted by molar-refractivity contribution is 6.02. The number of ketones is 1. The van der Waals surface area contributed by atoms with E-state index in [-0.39, 0.29) is 22.6 Å². The second-order valence-electron chi connectivity index (χ2n) is 3.70. The molecule has 1 aromatic carbocycles. The minimum absolute atomic E-state index is 0.0484. The van der Waals surface area contributed by atoms with E-state index in [1.807, 2.05) is 0 Å². The first-order valence-electron chi connectivity index (χ1n) is 5.29. The summed E-state index contributed by atoms with van der Waals surface area (Å²) in [5.74, 6) is -2.98. The average Bonchev–Trinajstić information content (AvgIpc) is 2.28. The number of Topliss-reactive ketones (excluding diaryl/α,β-unsaturated/α-hetero) is 1. The van der Waals surface area contributed by atoms with Gasteiger partial charge in [0.05, 0.1) is 5.56 Å². The third-order valence-corrected chi connectivity index (χ3v) is 2.17. The number of hydrogen-bond acceptors (Lipinski definition) is 5. The van der Waals surface area contributed by atoms with Gasteiger partial charge in [-0.2, -0.15) is 0 Å². The number of carbonyl (C=O) groups excluding carboxylic acids is 2. The summed E-state index contributed by atoms with van der Waals surface area (Å²) in [7, 11) is 0. The summed E-state index contributed by atoms with van der Waals surface area (Å²) in [4.78, 5) is 33.0. The van der Waals surface area contributed by atoms with Gasteiger partial charge in [-0.25, -0.2) is 4.79 Å². The largest absolute Gasteiger partial charge is 0.504 e. The molecule has 19 heavy (non-hydrogen) atoms. The van der Waals surface area contributed by atoms with Gasteiger partial charge in [0.1, 0.15) is 0 Å². The molecule has 1 aromatic rings. The van der Waals surface area contributed by atoms with Crippen LogP contribution in [0.3, 0.4) is 0 Å². The fraction of sp³-hybridized carbons (Fsp3) is 0.154. The number of phenolic OH excluding ortho intramolecular Hbond substituents is 1. The van der Waals surface area contributed by atoms with E-state index in [1.165, 1.54) is 25.1 Å². The lowest BCUT2D eigenvalue weighted by Crippen LogP contribution is -2.08. The van der Waals surface area contributed by atoms with Crippen molar-refractivity contribution in [3.8, 4) is 11.5 Å². The molecular formula is C13H12O6. The Morgan fingerprint density at radius 3 is 2.32 bits per heavy atom. The molecule has 0 aliphatic rings. The maximum absolute atomic E-state index is 11.6. The van der Waals surface area contributed by atoms with Crippen molar-refractivity contribution in [3.05, 3.63) is 29.3 Å². The molecule has 0 spiro atoms. The summed E-state index contributed by atoms with van der Waals surface area (Å²) in [5.41, 5.74) is 0.191. The Hall–Kier alpha value is -2.63. The van der Waals surface area contributed by atoms with Crippen molar-refractivity contribution in [1.82, 2.24) is 0 Å². The van der Waals surface area contributed by atoms with Gasteiger partial charge in [-0.05, 0) is 24.6 Å². The van der Waals surface area contributed by atoms with Crippen molar-refractivity contribution in [2.45, 2.75) is 13.8 Å². The first kappa shape index (κ1) is 14.4. The zero-order valence-corrected chi connectivity index (χ0v) is 10.3. The van der Waals surface area contributed by atoms with Crippen LogP contribution in [-0.2, 0) is 9.59 Å². The van der Waals surface area contributed by atoms with E-state index in [0.29, 0.717) is 0 Å². The number of ether oxygens (including phenoxy) is 1. The third kappa shape index (κ3) is 3.67.